The number of amides is 2. The Balaban J connectivity index is 2.08. The number of halogens is 1. The van der Waals surface area contributed by atoms with Gasteiger partial charge in [0.15, 0.2) is 0 Å². The highest BCUT2D eigenvalue weighted by atomic mass is 79.9. The molecule has 0 aliphatic carbocycles. The summed E-state index contributed by atoms with van der Waals surface area (Å²) in [6, 6.07) is 5.70. The number of rotatable bonds is 3. The van der Waals surface area contributed by atoms with E-state index in [0.717, 1.165) is 23.1 Å². The fourth-order valence-corrected chi connectivity index (χ4v) is 3.09. The molecule has 2 amide bonds. The molecule has 1 aliphatic rings. The third-order valence-corrected chi connectivity index (χ3v) is 4.92. The van der Waals surface area contributed by atoms with Crippen molar-refractivity contribution < 1.29 is 9.59 Å². The van der Waals surface area contributed by atoms with Gasteiger partial charge in [-0.25, -0.2) is 0 Å². The second-order valence-corrected chi connectivity index (χ2v) is 7.51. The highest BCUT2D eigenvalue weighted by molar-refractivity contribution is 9.10. The molecule has 0 atom stereocenters. The molecule has 1 N–H and O–H groups in total. The van der Waals surface area contributed by atoms with Crippen LogP contribution >= 0.6 is 15.9 Å². The Morgan fingerprint density at radius 1 is 1.17 bits per heavy atom. The van der Waals surface area contributed by atoms with Crippen LogP contribution in [0, 0.1) is 12.3 Å². The average Bonchev–Trinajstić information content (AvgIpc) is 2.50. The van der Waals surface area contributed by atoms with Gasteiger partial charge in [0.1, 0.15) is 5.41 Å². The zero-order valence-electron chi connectivity index (χ0n) is 14.1. The molecule has 1 aliphatic heterocycles. The van der Waals surface area contributed by atoms with E-state index in [1.165, 1.54) is 0 Å². The van der Waals surface area contributed by atoms with Crippen LogP contribution in [0.15, 0.2) is 22.7 Å². The molecule has 2 rings (SSSR count). The highest BCUT2D eigenvalue weighted by Crippen LogP contribution is 2.27. The van der Waals surface area contributed by atoms with Crippen molar-refractivity contribution in [3.8, 4) is 0 Å². The van der Waals surface area contributed by atoms with Gasteiger partial charge in [-0.2, -0.15) is 0 Å². The largest absolute Gasteiger partial charge is 0.339 e. The van der Waals surface area contributed by atoms with Gasteiger partial charge >= 0.3 is 0 Å². The summed E-state index contributed by atoms with van der Waals surface area (Å²) in [5.74, 6) is -0.405. The number of likely N-dealkylation sites (N-methyl/N-ethyl adjacent to an activating group) is 1. The minimum absolute atomic E-state index is 0.119. The van der Waals surface area contributed by atoms with E-state index in [1.54, 1.807) is 18.7 Å². The lowest BCUT2D eigenvalue weighted by molar-refractivity contribution is -0.147. The summed E-state index contributed by atoms with van der Waals surface area (Å²) >= 11 is 3.45. The fraction of sp³-hybridized carbons (Fsp3) is 0.529. The quantitative estimate of drug-likeness (QED) is 0.818. The average molecular weight is 382 g/mol. The van der Waals surface area contributed by atoms with Gasteiger partial charge in [0.2, 0.25) is 11.8 Å². The molecular formula is C17H24BrN3O2. The van der Waals surface area contributed by atoms with E-state index in [9.17, 15) is 9.59 Å². The number of nitrogens with one attached hydrogen (secondary N) is 1. The summed E-state index contributed by atoms with van der Waals surface area (Å²) in [5.41, 5.74) is 0.683. The van der Waals surface area contributed by atoms with E-state index in [0.29, 0.717) is 18.8 Å². The van der Waals surface area contributed by atoms with Gasteiger partial charge in [0.25, 0.3) is 0 Å². The predicted molar refractivity (Wildman–Crippen MR) is 95.4 cm³/mol. The first kappa shape index (κ1) is 17.9. The van der Waals surface area contributed by atoms with Gasteiger partial charge in [-0.3, -0.25) is 9.59 Å². The zero-order chi connectivity index (χ0) is 17.2. The van der Waals surface area contributed by atoms with Gasteiger partial charge in [-0.05, 0) is 61.4 Å². The molecule has 1 fully saturated rings. The molecule has 1 heterocycles. The molecule has 23 heavy (non-hydrogen) atoms. The number of anilines is 1. The Morgan fingerprint density at radius 3 is 2.35 bits per heavy atom. The number of hydrogen-bond acceptors (Lipinski definition) is 3. The van der Waals surface area contributed by atoms with Crippen LogP contribution in [0.2, 0.25) is 0 Å². The highest BCUT2D eigenvalue weighted by Gasteiger charge is 2.40. The van der Waals surface area contributed by atoms with Gasteiger partial charge in [-0.15, -0.1) is 0 Å². The molecule has 126 valence electrons. The minimum Gasteiger partial charge on any atom is -0.339 e. The maximum absolute atomic E-state index is 12.7. The van der Waals surface area contributed by atoms with Gasteiger partial charge in [0, 0.05) is 30.7 Å². The lowest BCUT2D eigenvalue weighted by Crippen LogP contribution is -2.53. The summed E-state index contributed by atoms with van der Waals surface area (Å²) in [6.07, 6.45) is 0. The number of benzene rings is 1. The summed E-state index contributed by atoms with van der Waals surface area (Å²) < 4.78 is 0.814. The van der Waals surface area contributed by atoms with Crippen LogP contribution in [-0.2, 0) is 9.59 Å². The first-order valence-corrected chi connectivity index (χ1v) is 8.56. The second kappa shape index (κ2) is 7.01. The van der Waals surface area contributed by atoms with Crippen molar-refractivity contribution in [1.82, 2.24) is 9.80 Å². The van der Waals surface area contributed by atoms with Gasteiger partial charge < -0.3 is 15.1 Å². The van der Waals surface area contributed by atoms with Crippen molar-refractivity contribution in [1.29, 1.82) is 0 Å². The first-order valence-electron chi connectivity index (χ1n) is 7.77. The molecule has 0 bridgehead atoms. The maximum Gasteiger partial charge on any atom is 0.239 e. The molecule has 0 radical (unpaired) electrons. The number of aryl methyl sites for hydroxylation is 1. The van der Waals surface area contributed by atoms with Crippen LogP contribution in [0.1, 0.15) is 19.4 Å². The van der Waals surface area contributed by atoms with E-state index in [-0.39, 0.29) is 11.8 Å². The number of hydrogen-bond donors (Lipinski definition) is 1. The van der Waals surface area contributed by atoms with Crippen LogP contribution in [0.4, 0.5) is 5.69 Å². The molecule has 6 heteroatoms. The van der Waals surface area contributed by atoms with Crippen molar-refractivity contribution in [2.24, 2.45) is 5.41 Å². The van der Waals surface area contributed by atoms with E-state index in [4.69, 9.17) is 0 Å². The van der Waals surface area contributed by atoms with Crippen molar-refractivity contribution >= 4 is 33.4 Å². The van der Waals surface area contributed by atoms with Gasteiger partial charge in [0.05, 0.1) is 5.69 Å². The van der Waals surface area contributed by atoms with E-state index < -0.39 is 5.41 Å². The van der Waals surface area contributed by atoms with Crippen LogP contribution in [0.3, 0.4) is 0 Å². The molecule has 0 aromatic heterocycles. The summed E-state index contributed by atoms with van der Waals surface area (Å²) in [7, 11) is 2.04. The predicted octanol–water partition coefficient (Wildman–Crippen LogP) is 2.50. The topological polar surface area (TPSA) is 52.7 Å². The molecule has 1 aromatic rings. The third kappa shape index (κ3) is 4.12. The van der Waals surface area contributed by atoms with Crippen molar-refractivity contribution in [3.05, 3.63) is 28.2 Å². The monoisotopic (exact) mass is 381 g/mol. The third-order valence-electron chi connectivity index (χ3n) is 4.27. The Hall–Kier alpha value is -1.40. The molecule has 1 saturated heterocycles. The second-order valence-electron chi connectivity index (χ2n) is 6.66. The number of nitrogens with zero attached hydrogens (tertiary/aromatic N) is 2. The molecule has 5 nitrogen and oxygen atoms in total. The Bertz CT molecular complexity index is 608. The van der Waals surface area contributed by atoms with E-state index >= 15 is 0 Å². The fourth-order valence-electron chi connectivity index (χ4n) is 2.50. The zero-order valence-corrected chi connectivity index (χ0v) is 15.7. The maximum atomic E-state index is 12.7. The molecule has 1 aromatic carbocycles. The van der Waals surface area contributed by atoms with Crippen molar-refractivity contribution in [3.63, 3.8) is 0 Å². The van der Waals surface area contributed by atoms with Crippen molar-refractivity contribution in [2.75, 3.05) is 38.5 Å². The number of carbonyl (C=O) groups is 2. The van der Waals surface area contributed by atoms with Crippen LogP contribution in [-0.4, -0.2) is 54.8 Å². The standard InChI is InChI=1S/C17H24BrN3O2/c1-12-5-6-14(13(18)11-12)19-15(22)17(2,3)16(23)21-9-7-20(4)8-10-21/h5-6,11H,7-10H2,1-4H3,(H,19,22). The summed E-state index contributed by atoms with van der Waals surface area (Å²) in [6.45, 7) is 8.37. The number of carbonyl (C=O) groups excluding carboxylic acids is 2. The SMILES string of the molecule is Cc1ccc(NC(=O)C(C)(C)C(=O)N2CCN(C)CC2)c(Br)c1. The smallest absolute Gasteiger partial charge is 0.239 e. The van der Waals surface area contributed by atoms with Gasteiger partial charge in [-0.1, -0.05) is 6.07 Å². The lowest BCUT2D eigenvalue weighted by atomic mass is 9.89. The molecule has 0 spiro atoms. The Kier molecular flexibility index (Phi) is 5.47. The molecular weight excluding hydrogens is 358 g/mol. The number of piperazine rings is 1. The normalized spacial score (nSPS) is 16.3. The summed E-state index contributed by atoms with van der Waals surface area (Å²) in [4.78, 5) is 29.3. The van der Waals surface area contributed by atoms with E-state index in [1.807, 2.05) is 32.2 Å². The van der Waals surface area contributed by atoms with Crippen LogP contribution in [0.5, 0.6) is 0 Å². The van der Waals surface area contributed by atoms with Crippen LogP contribution in [0.25, 0.3) is 0 Å². The van der Waals surface area contributed by atoms with Crippen LogP contribution < -0.4 is 5.32 Å². The lowest BCUT2D eigenvalue weighted by Gasteiger charge is -2.36. The first-order chi connectivity index (χ1) is 10.7. The van der Waals surface area contributed by atoms with E-state index in [2.05, 4.69) is 26.1 Å². The Labute approximate surface area is 146 Å². The summed E-state index contributed by atoms with van der Waals surface area (Å²) in [5, 5.41) is 2.86. The molecule has 0 saturated carbocycles. The Morgan fingerprint density at radius 2 is 1.78 bits per heavy atom. The minimum atomic E-state index is -1.10. The molecule has 0 unspecified atom stereocenters. The van der Waals surface area contributed by atoms with Crippen molar-refractivity contribution in [2.45, 2.75) is 20.8 Å².